The minimum atomic E-state index is -0.245. The first-order valence-electron chi connectivity index (χ1n) is 11.4. The van der Waals surface area contributed by atoms with Crippen molar-refractivity contribution in [2.45, 2.75) is 39.2 Å². The van der Waals surface area contributed by atoms with Gasteiger partial charge in [0.15, 0.2) is 4.80 Å². The van der Waals surface area contributed by atoms with E-state index in [1.807, 2.05) is 19.1 Å². The lowest BCUT2D eigenvalue weighted by atomic mass is 9.95. The minimum Gasteiger partial charge on any atom is -0.462 e. The highest BCUT2D eigenvalue weighted by Gasteiger charge is 2.26. The van der Waals surface area contributed by atoms with Gasteiger partial charge in [-0.2, -0.15) is 0 Å². The highest BCUT2D eigenvalue weighted by molar-refractivity contribution is 7.16. The van der Waals surface area contributed by atoms with Crippen LogP contribution in [-0.4, -0.2) is 17.1 Å². The van der Waals surface area contributed by atoms with Crippen molar-refractivity contribution in [2.24, 2.45) is 4.99 Å². The molecule has 2 heterocycles. The summed E-state index contributed by atoms with van der Waals surface area (Å²) < 4.78 is 7.69. The third kappa shape index (κ3) is 4.59. The normalized spacial score (nSPS) is 13.7. The van der Waals surface area contributed by atoms with Crippen molar-refractivity contribution in [1.82, 2.24) is 4.57 Å². The molecular weight excluding hydrogens is 448 g/mol. The molecule has 0 atom stereocenters. The molecule has 1 aliphatic carbocycles. The first-order chi connectivity index (χ1) is 16.2. The van der Waals surface area contributed by atoms with E-state index in [2.05, 4.69) is 58.5 Å². The molecule has 2 aromatic carbocycles. The maximum absolute atomic E-state index is 12.9. The molecule has 0 amide bonds. The summed E-state index contributed by atoms with van der Waals surface area (Å²) in [5.41, 5.74) is 5.32. The van der Waals surface area contributed by atoms with E-state index in [1.165, 1.54) is 16.9 Å². The molecule has 0 fully saturated rings. The van der Waals surface area contributed by atoms with Crippen LogP contribution in [0.5, 0.6) is 0 Å². The van der Waals surface area contributed by atoms with Crippen molar-refractivity contribution >= 4 is 33.6 Å². The molecule has 168 valence electrons. The van der Waals surface area contributed by atoms with Crippen LogP contribution in [0, 0.1) is 0 Å². The summed E-state index contributed by atoms with van der Waals surface area (Å²) in [4.78, 5) is 20.2. The summed E-state index contributed by atoms with van der Waals surface area (Å²) in [6.45, 7) is 2.94. The Labute approximate surface area is 201 Å². The SMILES string of the molecule is CCOC(=O)c1c(/N=c2\scc(-c3ccccc3)n2Cc2ccccc2)sc2c1CCCC2. The van der Waals surface area contributed by atoms with Crippen LogP contribution in [0.25, 0.3) is 11.3 Å². The highest BCUT2D eigenvalue weighted by Crippen LogP contribution is 2.40. The molecule has 0 N–H and O–H groups in total. The molecule has 6 heteroatoms. The van der Waals surface area contributed by atoms with Gasteiger partial charge in [0.1, 0.15) is 5.00 Å². The van der Waals surface area contributed by atoms with Gasteiger partial charge in [-0.3, -0.25) is 0 Å². The van der Waals surface area contributed by atoms with Gasteiger partial charge >= 0.3 is 5.97 Å². The van der Waals surface area contributed by atoms with E-state index in [1.54, 1.807) is 22.7 Å². The molecule has 4 aromatic rings. The fourth-order valence-corrected chi connectivity index (χ4v) is 6.53. The van der Waals surface area contributed by atoms with Gasteiger partial charge in [-0.15, -0.1) is 22.7 Å². The van der Waals surface area contributed by atoms with E-state index in [0.717, 1.165) is 45.9 Å². The number of thiazole rings is 1. The maximum atomic E-state index is 12.9. The Morgan fingerprint density at radius 1 is 1.03 bits per heavy atom. The number of carbonyl (C=O) groups is 1. The number of aryl methyl sites for hydroxylation is 1. The molecule has 0 saturated carbocycles. The topological polar surface area (TPSA) is 43.6 Å². The minimum absolute atomic E-state index is 0.245. The number of rotatable bonds is 6. The zero-order valence-electron chi connectivity index (χ0n) is 18.6. The molecule has 0 spiro atoms. The number of esters is 1. The third-order valence-electron chi connectivity index (χ3n) is 5.88. The van der Waals surface area contributed by atoms with E-state index in [9.17, 15) is 4.79 Å². The Bertz CT molecular complexity index is 1320. The van der Waals surface area contributed by atoms with Gasteiger partial charge in [0.2, 0.25) is 0 Å². The standard InChI is InChI=1S/C27H26N2O2S2/c1-2-31-26(30)24-21-15-9-10-16-23(21)33-25(24)28-27-29(17-19-11-5-3-6-12-19)22(18-32-27)20-13-7-4-8-14-20/h3-8,11-14,18H,2,9-10,15-17H2,1H3/b28-27-. The summed E-state index contributed by atoms with van der Waals surface area (Å²) >= 11 is 3.27. The van der Waals surface area contributed by atoms with Crippen LogP contribution in [0.1, 0.15) is 46.1 Å². The Hall–Kier alpha value is -2.96. The van der Waals surface area contributed by atoms with Crippen molar-refractivity contribution in [1.29, 1.82) is 0 Å². The molecule has 0 radical (unpaired) electrons. The largest absolute Gasteiger partial charge is 0.462 e. The average Bonchev–Trinajstić information content (AvgIpc) is 3.41. The zero-order valence-corrected chi connectivity index (χ0v) is 20.3. The molecule has 0 saturated heterocycles. The lowest BCUT2D eigenvalue weighted by molar-refractivity contribution is 0.0526. The van der Waals surface area contributed by atoms with E-state index in [0.29, 0.717) is 18.7 Å². The number of fused-ring (bicyclic) bond motifs is 1. The molecule has 5 rings (SSSR count). The van der Waals surface area contributed by atoms with Crippen molar-refractivity contribution in [3.05, 3.63) is 92.4 Å². The van der Waals surface area contributed by atoms with E-state index in [4.69, 9.17) is 9.73 Å². The first kappa shape index (κ1) is 21.9. The number of nitrogens with zero attached hydrogens (tertiary/aromatic N) is 2. The molecule has 33 heavy (non-hydrogen) atoms. The van der Waals surface area contributed by atoms with Crippen molar-refractivity contribution in [2.75, 3.05) is 6.61 Å². The van der Waals surface area contributed by atoms with Crippen LogP contribution in [0.3, 0.4) is 0 Å². The van der Waals surface area contributed by atoms with E-state index < -0.39 is 0 Å². The van der Waals surface area contributed by atoms with E-state index in [-0.39, 0.29) is 5.97 Å². The first-order valence-corrected chi connectivity index (χ1v) is 13.1. The maximum Gasteiger partial charge on any atom is 0.341 e. The van der Waals surface area contributed by atoms with Crippen LogP contribution in [-0.2, 0) is 24.1 Å². The number of carbonyl (C=O) groups excluding carboxylic acids is 1. The second kappa shape index (κ2) is 9.89. The highest BCUT2D eigenvalue weighted by atomic mass is 32.1. The van der Waals surface area contributed by atoms with E-state index >= 15 is 0 Å². The molecule has 0 aliphatic heterocycles. The Morgan fingerprint density at radius 2 is 1.76 bits per heavy atom. The molecule has 4 nitrogen and oxygen atoms in total. The number of ether oxygens (including phenoxy) is 1. The predicted octanol–water partition coefficient (Wildman–Crippen LogP) is 6.61. The van der Waals surface area contributed by atoms with Gasteiger partial charge in [-0.25, -0.2) is 9.79 Å². The van der Waals surface area contributed by atoms with Crippen molar-refractivity contribution < 1.29 is 9.53 Å². The predicted molar refractivity (Wildman–Crippen MR) is 135 cm³/mol. The van der Waals surface area contributed by atoms with Crippen LogP contribution in [0.4, 0.5) is 5.00 Å². The van der Waals surface area contributed by atoms with Gasteiger partial charge in [0, 0.05) is 10.3 Å². The molecule has 2 aromatic heterocycles. The molecule has 1 aliphatic rings. The summed E-state index contributed by atoms with van der Waals surface area (Å²) in [6.07, 6.45) is 4.23. The summed E-state index contributed by atoms with van der Waals surface area (Å²) in [6, 6.07) is 20.8. The van der Waals surface area contributed by atoms with Gasteiger partial charge in [0.25, 0.3) is 0 Å². The Morgan fingerprint density at radius 3 is 2.52 bits per heavy atom. The molecular formula is C27H26N2O2S2. The second-order valence-corrected chi connectivity index (χ2v) is 9.98. The summed E-state index contributed by atoms with van der Waals surface area (Å²) in [5.74, 6) is -0.245. The van der Waals surface area contributed by atoms with Crippen LogP contribution in [0.15, 0.2) is 71.0 Å². The zero-order chi connectivity index (χ0) is 22.6. The Kier molecular flexibility index (Phi) is 6.55. The quantitative estimate of drug-likeness (QED) is 0.295. The monoisotopic (exact) mass is 474 g/mol. The van der Waals surface area contributed by atoms with Crippen molar-refractivity contribution in [3.63, 3.8) is 0 Å². The summed E-state index contributed by atoms with van der Waals surface area (Å²) in [7, 11) is 0. The van der Waals surface area contributed by atoms with Crippen molar-refractivity contribution in [3.8, 4) is 11.3 Å². The fourth-order valence-electron chi connectivity index (χ4n) is 4.31. The van der Waals surface area contributed by atoms with Crippen LogP contribution < -0.4 is 4.80 Å². The van der Waals surface area contributed by atoms with Gasteiger partial charge in [-0.05, 0) is 49.3 Å². The summed E-state index contributed by atoms with van der Waals surface area (Å²) in [5, 5.41) is 2.94. The Balaban J connectivity index is 1.67. The smallest absolute Gasteiger partial charge is 0.341 e. The second-order valence-electron chi connectivity index (χ2n) is 8.06. The van der Waals surface area contributed by atoms with Crippen LogP contribution in [0.2, 0.25) is 0 Å². The third-order valence-corrected chi connectivity index (χ3v) is 7.93. The molecule has 0 unspecified atom stereocenters. The van der Waals surface area contributed by atoms with Crippen LogP contribution >= 0.6 is 22.7 Å². The van der Waals surface area contributed by atoms with Gasteiger partial charge in [0.05, 0.1) is 24.4 Å². The lowest BCUT2D eigenvalue weighted by Gasteiger charge is -2.12. The van der Waals surface area contributed by atoms with Gasteiger partial charge in [-0.1, -0.05) is 60.7 Å². The average molecular weight is 475 g/mol. The number of hydrogen-bond donors (Lipinski definition) is 0. The van der Waals surface area contributed by atoms with Gasteiger partial charge < -0.3 is 9.30 Å². The number of hydrogen-bond acceptors (Lipinski definition) is 5. The number of thiophene rings is 1. The number of aromatic nitrogens is 1. The molecule has 0 bridgehead atoms. The number of benzene rings is 2. The lowest BCUT2D eigenvalue weighted by Crippen LogP contribution is -2.17. The fraction of sp³-hybridized carbons (Fsp3) is 0.259.